The maximum atomic E-state index is 12.6. The zero-order chi connectivity index (χ0) is 32.9. The Hall–Kier alpha value is -2.19. The van der Waals surface area contributed by atoms with Gasteiger partial charge < -0.3 is 23.8 Å². The molecule has 2 atom stereocenters. The third-order valence-electron chi connectivity index (χ3n) is 7.63. The molecular weight excluding hydrogens is 558 g/mol. The normalized spacial score (nSPS) is 13.4. The number of ether oxygens (including phenoxy) is 3. The standard InChI is InChI=1S/C36H65NO7/c1-6-8-10-12-14-15-16-17-18-19-21-23-25-27-35(39)44-32(30-42-29-28-33(36(40)41)37(3,4)5)31-43-34(38)26-24-22-20-13-11-9-7-2/h9,11,20,22,32-33H,6-8,10,12-19,21,23-31H2,1-5H3/p+1/b11-9+,22-20+. The molecule has 1 N–H and O–H groups in total. The summed E-state index contributed by atoms with van der Waals surface area (Å²) in [7, 11) is 5.49. The number of carbonyl (C=O) groups excluding carboxylic acids is 2. The van der Waals surface area contributed by atoms with Crippen LogP contribution in [0.2, 0.25) is 0 Å². The molecule has 0 rings (SSSR count). The minimum atomic E-state index is -0.883. The Labute approximate surface area is 269 Å². The van der Waals surface area contributed by atoms with Crippen LogP contribution in [0, 0.1) is 0 Å². The van der Waals surface area contributed by atoms with Crippen LogP contribution < -0.4 is 0 Å². The van der Waals surface area contributed by atoms with Gasteiger partial charge in [0.15, 0.2) is 12.1 Å². The van der Waals surface area contributed by atoms with E-state index in [-0.39, 0.29) is 42.7 Å². The molecule has 0 spiro atoms. The molecule has 0 radical (unpaired) electrons. The van der Waals surface area contributed by atoms with E-state index in [2.05, 4.69) is 26.0 Å². The van der Waals surface area contributed by atoms with Gasteiger partial charge in [0.25, 0.3) is 0 Å². The van der Waals surface area contributed by atoms with Crippen molar-refractivity contribution in [1.82, 2.24) is 0 Å². The van der Waals surface area contributed by atoms with E-state index < -0.39 is 18.1 Å². The molecule has 0 aliphatic rings. The number of quaternary nitrogens is 1. The van der Waals surface area contributed by atoms with E-state index in [0.717, 1.165) is 32.1 Å². The summed E-state index contributed by atoms with van der Waals surface area (Å²) >= 11 is 0. The van der Waals surface area contributed by atoms with Crippen LogP contribution in [-0.2, 0) is 28.6 Å². The number of nitrogens with zero attached hydrogens (tertiary/aromatic N) is 1. The lowest BCUT2D eigenvalue weighted by atomic mass is 10.0. The highest BCUT2D eigenvalue weighted by atomic mass is 16.6. The third kappa shape index (κ3) is 26.2. The van der Waals surface area contributed by atoms with Gasteiger partial charge in [-0.15, -0.1) is 0 Å². The average Bonchev–Trinajstić information content (AvgIpc) is 2.96. The Balaban J connectivity index is 4.46. The van der Waals surface area contributed by atoms with Crippen molar-refractivity contribution >= 4 is 17.9 Å². The number of allylic oxidation sites excluding steroid dienone is 4. The fourth-order valence-corrected chi connectivity index (χ4v) is 4.91. The first kappa shape index (κ1) is 41.8. The van der Waals surface area contributed by atoms with E-state index in [0.29, 0.717) is 19.3 Å². The van der Waals surface area contributed by atoms with Gasteiger partial charge in [-0.1, -0.05) is 115 Å². The zero-order valence-corrected chi connectivity index (χ0v) is 28.9. The predicted molar refractivity (Wildman–Crippen MR) is 178 cm³/mol. The quantitative estimate of drug-likeness (QED) is 0.0372. The molecule has 0 aromatic heterocycles. The third-order valence-corrected chi connectivity index (χ3v) is 7.63. The Kier molecular flexibility index (Phi) is 26.9. The van der Waals surface area contributed by atoms with Crippen molar-refractivity contribution in [3.63, 3.8) is 0 Å². The molecule has 256 valence electrons. The lowest BCUT2D eigenvalue weighted by Gasteiger charge is -2.31. The Morgan fingerprint density at radius 1 is 0.705 bits per heavy atom. The van der Waals surface area contributed by atoms with Gasteiger partial charge in [0, 0.05) is 19.3 Å². The Bertz CT molecular complexity index is 788. The number of likely N-dealkylation sites (N-methyl/N-ethyl adjacent to an activating group) is 1. The summed E-state index contributed by atoms with van der Waals surface area (Å²) in [4.78, 5) is 36.5. The molecule has 0 amide bonds. The van der Waals surface area contributed by atoms with Crippen molar-refractivity contribution in [3.05, 3.63) is 24.3 Å². The topological polar surface area (TPSA) is 99.1 Å². The number of carboxylic acids is 1. The highest BCUT2D eigenvalue weighted by Gasteiger charge is 2.31. The van der Waals surface area contributed by atoms with Crippen molar-refractivity contribution in [2.75, 3.05) is 41.0 Å². The maximum Gasteiger partial charge on any atom is 0.362 e. The summed E-state index contributed by atoms with van der Waals surface area (Å²) in [5.74, 6) is -1.56. The van der Waals surface area contributed by atoms with E-state index in [1.807, 2.05) is 33.3 Å². The number of carboxylic acid groups (broad SMARTS) is 1. The average molecular weight is 625 g/mol. The van der Waals surface area contributed by atoms with Gasteiger partial charge in [0.1, 0.15) is 6.61 Å². The van der Waals surface area contributed by atoms with Crippen LogP contribution in [0.15, 0.2) is 24.3 Å². The van der Waals surface area contributed by atoms with E-state index in [1.54, 1.807) is 0 Å². The van der Waals surface area contributed by atoms with Gasteiger partial charge in [-0.05, 0) is 25.7 Å². The minimum absolute atomic E-state index is 0.0464. The van der Waals surface area contributed by atoms with Crippen LogP contribution in [0.1, 0.15) is 136 Å². The molecule has 0 aromatic carbocycles. The molecule has 0 aromatic rings. The molecule has 0 fully saturated rings. The van der Waals surface area contributed by atoms with E-state index in [1.165, 1.54) is 64.2 Å². The second kappa shape index (κ2) is 28.3. The molecule has 0 aliphatic carbocycles. The van der Waals surface area contributed by atoms with Crippen LogP contribution in [0.3, 0.4) is 0 Å². The Morgan fingerprint density at radius 3 is 1.82 bits per heavy atom. The summed E-state index contributed by atoms with van der Waals surface area (Å²) in [5.41, 5.74) is 0. The maximum absolute atomic E-state index is 12.6. The van der Waals surface area contributed by atoms with Gasteiger partial charge in [-0.2, -0.15) is 0 Å². The molecule has 0 heterocycles. The van der Waals surface area contributed by atoms with Crippen LogP contribution in [0.25, 0.3) is 0 Å². The van der Waals surface area contributed by atoms with Crippen LogP contribution in [0.4, 0.5) is 0 Å². The minimum Gasteiger partial charge on any atom is -0.477 e. The van der Waals surface area contributed by atoms with Crippen molar-refractivity contribution in [2.45, 2.75) is 148 Å². The second-order valence-electron chi connectivity index (χ2n) is 12.7. The van der Waals surface area contributed by atoms with Crippen molar-refractivity contribution in [1.29, 1.82) is 0 Å². The highest BCUT2D eigenvalue weighted by Crippen LogP contribution is 2.14. The number of unbranched alkanes of at least 4 members (excludes halogenated alkanes) is 12. The van der Waals surface area contributed by atoms with Gasteiger partial charge in [-0.25, -0.2) is 4.79 Å². The summed E-state index contributed by atoms with van der Waals surface area (Å²) in [6.45, 7) is 4.50. The summed E-state index contributed by atoms with van der Waals surface area (Å²) < 4.78 is 17.0. The summed E-state index contributed by atoms with van der Waals surface area (Å²) in [6, 6.07) is -0.616. The molecule has 8 nitrogen and oxygen atoms in total. The number of hydrogen-bond donors (Lipinski definition) is 1. The lowest BCUT2D eigenvalue weighted by Crippen LogP contribution is -2.50. The number of carbonyl (C=O) groups is 3. The zero-order valence-electron chi connectivity index (χ0n) is 28.9. The lowest BCUT2D eigenvalue weighted by molar-refractivity contribution is -0.887. The molecule has 0 bridgehead atoms. The fraction of sp³-hybridized carbons (Fsp3) is 0.806. The van der Waals surface area contributed by atoms with Gasteiger partial charge in [0.2, 0.25) is 0 Å². The summed E-state index contributed by atoms with van der Waals surface area (Å²) in [5, 5.41) is 9.54. The first-order chi connectivity index (χ1) is 21.1. The van der Waals surface area contributed by atoms with Crippen LogP contribution >= 0.6 is 0 Å². The Morgan fingerprint density at radius 2 is 1.27 bits per heavy atom. The number of hydrogen-bond acceptors (Lipinski definition) is 6. The van der Waals surface area contributed by atoms with Crippen LogP contribution in [-0.4, -0.2) is 80.6 Å². The molecule has 8 heteroatoms. The molecule has 0 aliphatic heterocycles. The largest absolute Gasteiger partial charge is 0.477 e. The van der Waals surface area contributed by atoms with Crippen LogP contribution in [0.5, 0.6) is 0 Å². The van der Waals surface area contributed by atoms with Crippen molar-refractivity contribution in [3.8, 4) is 0 Å². The first-order valence-corrected chi connectivity index (χ1v) is 17.4. The van der Waals surface area contributed by atoms with Gasteiger partial charge >= 0.3 is 17.9 Å². The number of rotatable bonds is 30. The molecule has 0 saturated heterocycles. The molecule has 0 saturated carbocycles. The number of aliphatic carboxylic acids is 1. The van der Waals surface area contributed by atoms with E-state index >= 15 is 0 Å². The molecule has 2 unspecified atom stereocenters. The highest BCUT2D eigenvalue weighted by molar-refractivity contribution is 5.72. The predicted octanol–water partition coefficient (Wildman–Crippen LogP) is 8.18. The molecule has 44 heavy (non-hydrogen) atoms. The van der Waals surface area contributed by atoms with Crippen molar-refractivity contribution in [2.24, 2.45) is 0 Å². The van der Waals surface area contributed by atoms with E-state index in [4.69, 9.17) is 14.2 Å². The second-order valence-corrected chi connectivity index (χ2v) is 12.7. The number of esters is 2. The monoisotopic (exact) mass is 624 g/mol. The summed E-state index contributed by atoms with van der Waals surface area (Å²) in [6.07, 6.45) is 26.8. The van der Waals surface area contributed by atoms with Crippen molar-refractivity contribution < 1.29 is 38.2 Å². The smallest absolute Gasteiger partial charge is 0.362 e. The van der Waals surface area contributed by atoms with E-state index in [9.17, 15) is 19.5 Å². The SMILES string of the molecule is CC/C=C/C/C=C/CCC(=O)OCC(COCCC(C(=O)O)[N+](C)(C)C)OC(=O)CCCCCCCCCCCCCCC. The van der Waals surface area contributed by atoms with Gasteiger partial charge in [0.05, 0.1) is 34.4 Å². The first-order valence-electron chi connectivity index (χ1n) is 17.4. The van der Waals surface area contributed by atoms with Gasteiger partial charge in [-0.3, -0.25) is 9.59 Å². The fourth-order valence-electron chi connectivity index (χ4n) is 4.91. The molecular formula is C36H66NO7+.